The van der Waals surface area contributed by atoms with Crippen molar-refractivity contribution in [2.75, 3.05) is 11.9 Å². The Bertz CT molecular complexity index is 570. The molecule has 0 fully saturated rings. The highest BCUT2D eigenvalue weighted by molar-refractivity contribution is 6.23. The molecule has 0 aliphatic heterocycles. The van der Waals surface area contributed by atoms with Gasteiger partial charge in [-0.3, -0.25) is 4.79 Å². The van der Waals surface area contributed by atoms with Crippen LogP contribution in [0.25, 0.3) is 0 Å². The molecule has 4 nitrogen and oxygen atoms in total. The Morgan fingerprint density at radius 2 is 1.89 bits per heavy atom. The maximum atomic E-state index is 13.9. The molecule has 0 bridgehead atoms. The minimum absolute atomic E-state index is 0.0881. The van der Waals surface area contributed by atoms with Crippen molar-refractivity contribution >= 4 is 17.4 Å². The molecule has 102 valence electrons. The highest BCUT2D eigenvalue weighted by atomic mass is 19.2. The van der Waals surface area contributed by atoms with Crippen molar-refractivity contribution in [2.24, 2.45) is 0 Å². The minimum atomic E-state index is -1.67. The summed E-state index contributed by atoms with van der Waals surface area (Å²) in [5.74, 6) is -7.27. The van der Waals surface area contributed by atoms with Gasteiger partial charge in [0.05, 0.1) is 5.56 Å². The van der Waals surface area contributed by atoms with Crippen LogP contribution in [-0.2, 0) is 4.79 Å². The number of ketones is 1. The topological polar surface area (TPSA) is 66.4 Å². The number of carboxylic acids is 1. The molecule has 0 saturated heterocycles. The zero-order valence-electron chi connectivity index (χ0n) is 9.89. The first-order valence-electron chi connectivity index (χ1n) is 5.19. The molecule has 2 N–H and O–H groups in total. The highest BCUT2D eigenvalue weighted by Gasteiger charge is 2.26. The standard InChI is InChI=1S/C12H10F3NO3/c1-3-16-10-8(14)6(4-7(13)9(10)15)11(17)5(2)12(18)19/h4,16H,2-3H2,1H3,(H,18,19). The van der Waals surface area contributed by atoms with Gasteiger partial charge in [0.15, 0.2) is 17.5 Å². The Morgan fingerprint density at radius 3 is 2.37 bits per heavy atom. The summed E-state index contributed by atoms with van der Waals surface area (Å²) in [5, 5.41) is 10.8. The van der Waals surface area contributed by atoms with E-state index in [0.29, 0.717) is 6.07 Å². The van der Waals surface area contributed by atoms with E-state index in [-0.39, 0.29) is 6.54 Å². The molecule has 0 aliphatic carbocycles. The van der Waals surface area contributed by atoms with Crippen molar-refractivity contribution in [3.8, 4) is 0 Å². The predicted molar refractivity (Wildman–Crippen MR) is 61.6 cm³/mol. The van der Waals surface area contributed by atoms with Crippen LogP contribution in [-0.4, -0.2) is 23.4 Å². The summed E-state index contributed by atoms with van der Waals surface area (Å²) >= 11 is 0. The number of halogens is 3. The van der Waals surface area contributed by atoms with Crippen LogP contribution < -0.4 is 5.32 Å². The normalized spacial score (nSPS) is 10.1. The van der Waals surface area contributed by atoms with Crippen LogP contribution in [0, 0.1) is 17.5 Å². The molecule has 0 saturated carbocycles. The van der Waals surface area contributed by atoms with Crippen molar-refractivity contribution in [1.82, 2.24) is 0 Å². The third kappa shape index (κ3) is 2.75. The van der Waals surface area contributed by atoms with Gasteiger partial charge >= 0.3 is 5.97 Å². The molecule has 0 heterocycles. The molecule has 0 aliphatic rings. The van der Waals surface area contributed by atoms with E-state index in [2.05, 4.69) is 11.9 Å². The zero-order chi connectivity index (χ0) is 14.7. The van der Waals surface area contributed by atoms with Crippen LogP contribution in [0.15, 0.2) is 18.2 Å². The first-order chi connectivity index (χ1) is 8.81. The fraction of sp³-hybridized carbons (Fsp3) is 0.167. The Labute approximate surface area is 106 Å². The molecule has 0 unspecified atom stereocenters. The molecule has 1 aromatic rings. The molecule has 0 spiro atoms. The Balaban J connectivity index is 3.41. The Hall–Kier alpha value is -2.31. The van der Waals surface area contributed by atoms with Gasteiger partial charge in [0.1, 0.15) is 11.3 Å². The molecule has 0 radical (unpaired) electrons. The van der Waals surface area contributed by atoms with Gasteiger partial charge in [0.25, 0.3) is 0 Å². The Kier molecular flexibility index (Phi) is 4.31. The lowest BCUT2D eigenvalue weighted by Crippen LogP contribution is -2.15. The maximum absolute atomic E-state index is 13.9. The van der Waals surface area contributed by atoms with E-state index in [1.807, 2.05) is 0 Å². The number of carbonyl (C=O) groups is 2. The van der Waals surface area contributed by atoms with Crippen molar-refractivity contribution in [1.29, 1.82) is 0 Å². The van der Waals surface area contributed by atoms with Gasteiger partial charge in [-0.25, -0.2) is 18.0 Å². The zero-order valence-corrected chi connectivity index (χ0v) is 9.89. The summed E-state index contributed by atoms with van der Waals surface area (Å²) in [4.78, 5) is 22.2. The van der Waals surface area contributed by atoms with Gasteiger partial charge in [-0.1, -0.05) is 6.58 Å². The first-order valence-corrected chi connectivity index (χ1v) is 5.19. The van der Waals surface area contributed by atoms with E-state index < -0.39 is 46.0 Å². The number of hydrogen-bond acceptors (Lipinski definition) is 3. The number of carbonyl (C=O) groups excluding carboxylic acids is 1. The van der Waals surface area contributed by atoms with E-state index in [4.69, 9.17) is 5.11 Å². The van der Waals surface area contributed by atoms with Gasteiger partial charge < -0.3 is 10.4 Å². The molecular formula is C12H10F3NO3. The molecule has 0 atom stereocenters. The molecule has 19 heavy (non-hydrogen) atoms. The summed E-state index contributed by atoms with van der Waals surface area (Å²) in [6, 6.07) is 0.307. The number of nitrogens with one attached hydrogen (secondary N) is 1. The lowest BCUT2D eigenvalue weighted by atomic mass is 10.0. The van der Waals surface area contributed by atoms with Crippen LogP contribution in [0.4, 0.5) is 18.9 Å². The summed E-state index contributed by atoms with van der Waals surface area (Å²) in [6.07, 6.45) is 0. The van der Waals surface area contributed by atoms with E-state index >= 15 is 0 Å². The number of hydrogen-bond donors (Lipinski definition) is 2. The van der Waals surface area contributed by atoms with Crippen molar-refractivity contribution < 1.29 is 27.9 Å². The van der Waals surface area contributed by atoms with Gasteiger partial charge in [-0.15, -0.1) is 0 Å². The van der Waals surface area contributed by atoms with Gasteiger partial charge in [0, 0.05) is 6.54 Å². The van der Waals surface area contributed by atoms with Crippen LogP contribution in [0.5, 0.6) is 0 Å². The van der Waals surface area contributed by atoms with E-state index in [9.17, 15) is 22.8 Å². The Morgan fingerprint density at radius 1 is 1.32 bits per heavy atom. The first kappa shape index (κ1) is 14.7. The molecule has 0 amide bonds. The maximum Gasteiger partial charge on any atom is 0.339 e. The second-order valence-corrected chi connectivity index (χ2v) is 3.55. The lowest BCUT2D eigenvalue weighted by molar-refractivity contribution is -0.132. The van der Waals surface area contributed by atoms with Gasteiger partial charge in [-0.05, 0) is 13.0 Å². The molecule has 0 aromatic heterocycles. The molecular weight excluding hydrogens is 263 g/mol. The SMILES string of the molecule is C=C(C(=O)O)C(=O)c1cc(F)c(F)c(NCC)c1F. The van der Waals surface area contributed by atoms with Crippen LogP contribution in [0.3, 0.4) is 0 Å². The van der Waals surface area contributed by atoms with Gasteiger partial charge in [0.2, 0.25) is 5.78 Å². The van der Waals surface area contributed by atoms with Crippen LogP contribution in [0.1, 0.15) is 17.3 Å². The fourth-order valence-corrected chi connectivity index (χ4v) is 1.36. The molecule has 1 aromatic carbocycles. The quantitative estimate of drug-likeness (QED) is 0.284. The number of anilines is 1. The number of rotatable bonds is 5. The predicted octanol–water partition coefficient (Wildman–Crippen LogP) is 2.36. The summed E-state index contributed by atoms with van der Waals surface area (Å²) in [6.45, 7) is 4.55. The van der Waals surface area contributed by atoms with E-state index in [1.165, 1.54) is 6.92 Å². The second-order valence-electron chi connectivity index (χ2n) is 3.55. The van der Waals surface area contributed by atoms with Crippen LogP contribution >= 0.6 is 0 Å². The van der Waals surface area contributed by atoms with E-state index in [1.54, 1.807) is 0 Å². The number of benzene rings is 1. The van der Waals surface area contributed by atoms with Crippen molar-refractivity contribution in [2.45, 2.75) is 6.92 Å². The van der Waals surface area contributed by atoms with Crippen molar-refractivity contribution in [3.63, 3.8) is 0 Å². The number of Topliss-reactive ketones (excluding diaryl/α,β-unsaturated/α-hetero) is 1. The average molecular weight is 273 g/mol. The minimum Gasteiger partial charge on any atom is -0.478 e. The molecule has 1 rings (SSSR count). The highest BCUT2D eigenvalue weighted by Crippen LogP contribution is 2.26. The van der Waals surface area contributed by atoms with Crippen LogP contribution in [0.2, 0.25) is 0 Å². The largest absolute Gasteiger partial charge is 0.478 e. The number of aliphatic carboxylic acids is 1. The fourth-order valence-electron chi connectivity index (χ4n) is 1.36. The summed E-state index contributed by atoms with van der Waals surface area (Å²) in [5.41, 5.74) is -2.64. The third-order valence-electron chi connectivity index (χ3n) is 2.29. The van der Waals surface area contributed by atoms with Gasteiger partial charge in [-0.2, -0.15) is 0 Å². The summed E-state index contributed by atoms with van der Waals surface area (Å²) in [7, 11) is 0. The number of carboxylic acid groups (broad SMARTS) is 1. The third-order valence-corrected chi connectivity index (χ3v) is 2.29. The smallest absolute Gasteiger partial charge is 0.339 e. The van der Waals surface area contributed by atoms with Crippen molar-refractivity contribution in [3.05, 3.63) is 41.2 Å². The van der Waals surface area contributed by atoms with E-state index in [0.717, 1.165) is 0 Å². The molecule has 7 heteroatoms. The average Bonchev–Trinajstić information content (AvgIpc) is 2.37. The monoisotopic (exact) mass is 273 g/mol. The second kappa shape index (κ2) is 5.55. The lowest BCUT2D eigenvalue weighted by Gasteiger charge is -2.10. The summed E-state index contributed by atoms with van der Waals surface area (Å²) < 4.78 is 40.4.